The number of carbonyl (C=O) groups is 2. The molecule has 2 amide bonds. The minimum absolute atomic E-state index is 0.190. The monoisotopic (exact) mass is 353 g/mol. The lowest BCUT2D eigenvalue weighted by atomic mass is 10.1. The largest absolute Gasteiger partial charge is 0.491 e. The first-order valence-corrected chi connectivity index (χ1v) is 8.07. The quantitative estimate of drug-likeness (QED) is 0.572. The molecule has 2 rings (SSSR count). The highest BCUT2D eigenvalue weighted by Crippen LogP contribution is 2.38. The summed E-state index contributed by atoms with van der Waals surface area (Å²) in [5.41, 5.74) is 0.656. The maximum Gasteiger partial charge on any atom is 0.293 e. The Bertz CT molecular complexity index is 687. The second kappa shape index (κ2) is 7.57. The van der Waals surface area contributed by atoms with Crippen LogP contribution in [0.5, 0.6) is 11.5 Å². The van der Waals surface area contributed by atoms with Crippen molar-refractivity contribution in [3.63, 3.8) is 0 Å². The van der Waals surface area contributed by atoms with E-state index < -0.39 is 0 Å². The molecule has 1 saturated heterocycles. The second-order valence-electron chi connectivity index (χ2n) is 4.55. The Kier molecular flexibility index (Phi) is 5.74. The first-order valence-electron chi connectivity index (χ1n) is 6.88. The molecule has 1 aliphatic rings. The molecule has 1 heterocycles. The van der Waals surface area contributed by atoms with E-state index in [0.717, 1.165) is 16.7 Å². The van der Waals surface area contributed by atoms with Crippen molar-refractivity contribution in [3.05, 3.63) is 40.3 Å². The summed E-state index contributed by atoms with van der Waals surface area (Å²) in [7, 11) is 1.50. The number of amides is 2. The fraction of sp³-hybridized carbons (Fsp3) is 0.250. The summed E-state index contributed by atoms with van der Waals surface area (Å²) in [5, 5.41) is 0.0563. The molecule has 23 heavy (non-hydrogen) atoms. The Hall–Kier alpha value is -1.92. The molecule has 1 fully saturated rings. The first kappa shape index (κ1) is 17.4. The van der Waals surface area contributed by atoms with Gasteiger partial charge in [0, 0.05) is 6.54 Å². The van der Waals surface area contributed by atoms with Crippen LogP contribution in [0.3, 0.4) is 0 Å². The number of methoxy groups -OCH3 is 1. The minimum atomic E-state index is -0.343. The number of ether oxygens (including phenoxy) is 2. The van der Waals surface area contributed by atoms with Crippen LogP contribution in [0.25, 0.3) is 6.08 Å². The number of nitrogens with zero attached hydrogens (tertiary/aromatic N) is 1. The maximum absolute atomic E-state index is 12.2. The lowest BCUT2D eigenvalue weighted by Gasteiger charge is -2.12. The van der Waals surface area contributed by atoms with Crippen LogP contribution in [0.15, 0.2) is 29.7 Å². The molecule has 7 heteroatoms. The summed E-state index contributed by atoms with van der Waals surface area (Å²) in [6, 6.07) is 3.38. The van der Waals surface area contributed by atoms with Gasteiger partial charge < -0.3 is 9.47 Å². The molecule has 0 saturated carbocycles. The van der Waals surface area contributed by atoms with E-state index in [1.807, 2.05) is 6.92 Å². The van der Waals surface area contributed by atoms with Crippen molar-refractivity contribution < 1.29 is 19.1 Å². The van der Waals surface area contributed by atoms with Crippen molar-refractivity contribution in [1.29, 1.82) is 0 Å². The van der Waals surface area contributed by atoms with Crippen LogP contribution in [-0.2, 0) is 4.79 Å². The molecule has 0 aliphatic carbocycles. The molecule has 0 aromatic heterocycles. The molecule has 0 N–H and O–H groups in total. The number of carbonyl (C=O) groups excluding carboxylic acids is 2. The Balaban J connectivity index is 2.38. The van der Waals surface area contributed by atoms with Crippen LogP contribution in [0.2, 0.25) is 5.02 Å². The summed E-state index contributed by atoms with van der Waals surface area (Å²) in [6.07, 6.45) is 3.12. The molecule has 5 nitrogen and oxygen atoms in total. The summed E-state index contributed by atoms with van der Waals surface area (Å²) >= 11 is 7.07. The van der Waals surface area contributed by atoms with E-state index in [2.05, 4.69) is 6.58 Å². The average Bonchev–Trinajstić information content (AvgIpc) is 2.75. The smallest absolute Gasteiger partial charge is 0.293 e. The third-order valence-electron chi connectivity index (χ3n) is 3.02. The van der Waals surface area contributed by atoms with E-state index in [4.69, 9.17) is 21.1 Å². The fourth-order valence-electron chi connectivity index (χ4n) is 2.07. The SMILES string of the molecule is C=CCN1C(=O)S/C(=C\c2cc(Cl)c(OC)c(OCC)c2)C1=O. The molecule has 0 radical (unpaired) electrons. The normalized spacial score (nSPS) is 16.1. The fourth-order valence-corrected chi connectivity index (χ4v) is 3.21. The van der Waals surface area contributed by atoms with Crippen LogP contribution in [0.4, 0.5) is 4.79 Å². The zero-order valence-electron chi connectivity index (χ0n) is 12.8. The van der Waals surface area contributed by atoms with E-state index in [-0.39, 0.29) is 17.7 Å². The van der Waals surface area contributed by atoms with Gasteiger partial charge in [0.15, 0.2) is 11.5 Å². The van der Waals surface area contributed by atoms with Crippen LogP contribution in [0.1, 0.15) is 12.5 Å². The predicted octanol–water partition coefficient (Wildman–Crippen LogP) is 3.97. The van der Waals surface area contributed by atoms with Gasteiger partial charge in [-0.05, 0) is 42.5 Å². The van der Waals surface area contributed by atoms with Gasteiger partial charge in [-0.3, -0.25) is 14.5 Å². The minimum Gasteiger partial charge on any atom is -0.491 e. The zero-order valence-corrected chi connectivity index (χ0v) is 14.4. The summed E-state index contributed by atoms with van der Waals surface area (Å²) in [6.45, 7) is 6.03. The van der Waals surface area contributed by atoms with Crippen LogP contribution < -0.4 is 9.47 Å². The first-order chi connectivity index (χ1) is 11.0. The highest BCUT2D eigenvalue weighted by molar-refractivity contribution is 8.18. The molecule has 0 spiro atoms. The number of hydrogen-bond donors (Lipinski definition) is 0. The van der Waals surface area contributed by atoms with Gasteiger partial charge in [0.05, 0.1) is 23.6 Å². The number of hydrogen-bond acceptors (Lipinski definition) is 5. The van der Waals surface area contributed by atoms with Crippen molar-refractivity contribution in [2.75, 3.05) is 20.3 Å². The molecule has 1 aromatic rings. The standard InChI is InChI=1S/C16H16ClNO4S/c1-4-6-18-15(19)13(23-16(18)20)9-10-7-11(17)14(21-3)12(8-10)22-5-2/h4,7-9H,1,5-6H2,2-3H3/b13-9-. The number of thioether (sulfide) groups is 1. The number of benzene rings is 1. The van der Waals surface area contributed by atoms with Crippen LogP contribution in [-0.4, -0.2) is 36.3 Å². The molecule has 0 bridgehead atoms. The van der Waals surface area contributed by atoms with Crippen molar-refractivity contribution in [1.82, 2.24) is 4.90 Å². The average molecular weight is 354 g/mol. The van der Waals surface area contributed by atoms with Gasteiger partial charge in [-0.15, -0.1) is 6.58 Å². The third-order valence-corrected chi connectivity index (χ3v) is 4.21. The highest BCUT2D eigenvalue weighted by Gasteiger charge is 2.34. The second-order valence-corrected chi connectivity index (χ2v) is 5.95. The Labute approximate surface area is 143 Å². The molecule has 122 valence electrons. The zero-order chi connectivity index (χ0) is 17.0. The number of rotatable bonds is 6. The summed E-state index contributed by atoms with van der Waals surface area (Å²) in [4.78, 5) is 25.5. The van der Waals surface area contributed by atoms with E-state index in [1.54, 1.807) is 18.2 Å². The van der Waals surface area contributed by atoms with Crippen molar-refractivity contribution in [2.45, 2.75) is 6.92 Å². The number of halogens is 1. The molecule has 0 atom stereocenters. The van der Waals surface area contributed by atoms with Gasteiger partial charge in [-0.25, -0.2) is 0 Å². The Morgan fingerprint density at radius 3 is 2.74 bits per heavy atom. The van der Waals surface area contributed by atoms with Crippen molar-refractivity contribution >= 4 is 40.6 Å². The summed E-state index contributed by atoms with van der Waals surface area (Å²) in [5.74, 6) is 0.578. The maximum atomic E-state index is 12.2. The lowest BCUT2D eigenvalue weighted by Crippen LogP contribution is -2.27. The highest BCUT2D eigenvalue weighted by atomic mass is 35.5. The molecule has 1 aliphatic heterocycles. The lowest BCUT2D eigenvalue weighted by molar-refractivity contribution is -0.122. The van der Waals surface area contributed by atoms with Gasteiger partial charge in [-0.1, -0.05) is 17.7 Å². The van der Waals surface area contributed by atoms with Gasteiger partial charge in [0.25, 0.3) is 11.1 Å². The van der Waals surface area contributed by atoms with E-state index >= 15 is 0 Å². The summed E-state index contributed by atoms with van der Waals surface area (Å²) < 4.78 is 10.7. The van der Waals surface area contributed by atoms with Gasteiger partial charge >= 0.3 is 0 Å². The Morgan fingerprint density at radius 1 is 1.39 bits per heavy atom. The van der Waals surface area contributed by atoms with Crippen LogP contribution in [0, 0.1) is 0 Å². The molecular formula is C16H16ClNO4S. The third kappa shape index (κ3) is 3.71. The Morgan fingerprint density at radius 2 is 2.13 bits per heavy atom. The molecule has 1 aromatic carbocycles. The van der Waals surface area contributed by atoms with E-state index in [9.17, 15) is 9.59 Å². The van der Waals surface area contributed by atoms with Gasteiger partial charge in [0.1, 0.15) is 0 Å². The van der Waals surface area contributed by atoms with Crippen molar-refractivity contribution in [3.8, 4) is 11.5 Å². The molecular weight excluding hydrogens is 338 g/mol. The van der Waals surface area contributed by atoms with Crippen molar-refractivity contribution in [2.24, 2.45) is 0 Å². The van der Waals surface area contributed by atoms with Gasteiger partial charge in [0.2, 0.25) is 0 Å². The topological polar surface area (TPSA) is 55.8 Å². The van der Waals surface area contributed by atoms with Crippen LogP contribution >= 0.6 is 23.4 Å². The predicted molar refractivity (Wildman–Crippen MR) is 92.0 cm³/mol. The number of imide groups is 1. The van der Waals surface area contributed by atoms with E-state index in [1.165, 1.54) is 13.2 Å². The molecule has 0 unspecified atom stereocenters. The van der Waals surface area contributed by atoms with Gasteiger partial charge in [-0.2, -0.15) is 0 Å². The van der Waals surface area contributed by atoms with E-state index in [0.29, 0.717) is 33.6 Å².